The molecule has 0 bridgehead atoms. The van der Waals surface area contributed by atoms with Gasteiger partial charge >= 0.3 is 5.97 Å². The number of esters is 1. The highest BCUT2D eigenvalue weighted by molar-refractivity contribution is 5.81. The number of morpholine rings is 1. The molecule has 1 aliphatic carbocycles. The van der Waals surface area contributed by atoms with Gasteiger partial charge in [-0.2, -0.15) is 0 Å². The molecule has 0 aromatic heterocycles. The number of methoxy groups -OCH3 is 1. The molecule has 86 valence electrons. The van der Waals surface area contributed by atoms with Crippen molar-refractivity contribution in [2.45, 2.75) is 31.2 Å². The van der Waals surface area contributed by atoms with Crippen LogP contribution in [0.4, 0.5) is 0 Å². The van der Waals surface area contributed by atoms with Crippen molar-refractivity contribution >= 4 is 5.97 Å². The Morgan fingerprint density at radius 1 is 1.60 bits per heavy atom. The van der Waals surface area contributed by atoms with E-state index >= 15 is 0 Å². The molecule has 1 saturated heterocycles. The second-order valence-corrected chi connectivity index (χ2v) is 4.55. The van der Waals surface area contributed by atoms with Gasteiger partial charge in [0, 0.05) is 6.54 Å². The van der Waals surface area contributed by atoms with Crippen LogP contribution in [0.15, 0.2) is 0 Å². The first-order chi connectivity index (χ1) is 7.27. The van der Waals surface area contributed by atoms with Gasteiger partial charge in [-0.3, -0.25) is 5.32 Å². The fraction of sp³-hybridized carbons (Fsp3) is 0.909. The lowest BCUT2D eigenvalue weighted by molar-refractivity contribution is -0.155. The Kier molecular flexibility index (Phi) is 3.26. The summed E-state index contributed by atoms with van der Waals surface area (Å²) < 4.78 is 10.3. The summed E-state index contributed by atoms with van der Waals surface area (Å²) in [7, 11) is 1.45. The standard InChI is InChI=1S/C11H19NO3/c1-14-10(13)11(7-9-3-2-4-9)8-15-6-5-12-11/h9,12H,2-8H2,1H3. The zero-order chi connectivity index (χ0) is 10.7. The number of hydrogen-bond acceptors (Lipinski definition) is 4. The van der Waals surface area contributed by atoms with Gasteiger partial charge in [-0.15, -0.1) is 0 Å². The van der Waals surface area contributed by atoms with Gasteiger partial charge in [0.05, 0.1) is 20.3 Å². The molecular formula is C11H19NO3. The van der Waals surface area contributed by atoms with E-state index in [1.165, 1.54) is 26.4 Å². The van der Waals surface area contributed by atoms with Gasteiger partial charge in [-0.25, -0.2) is 4.79 Å². The predicted octanol–water partition coefficient (Wildman–Crippen LogP) is 0.708. The molecule has 0 spiro atoms. The summed E-state index contributed by atoms with van der Waals surface area (Å²) in [5.74, 6) is 0.493. The molecule has 15 heavy (non-hydrogen) atoms. The van der Waals surface area contributed by atoms with Gasteiger partial charge in [-0.1, -0.05) is 19.3 Å². The minimum atomic E-state index is -0.571. The van der Waals surface area contributed by atoms with Crippen LogP contribution in [-0.4, -0.2) is 38.4 Å². The Balaban J connectivity index is 2.02. The molecule has 2 fully saturated rings. The van der Waals surface area contributed by atoms with E-state index in [0.29, 0.717) is 19.1 Å². The Morgan fingerprint density at radius 3 is 2.87 bits per heavy atom. The van der Waals surface area contributed by atoms with Gasteiger partial charge in [0.1, 0.15) is 5.54 Å². The highest BCUT2D eigenvalue weighted by atomic mass is 16.5. The van der Waals surface area contributed by atoms with Crippen molar-refractivity contribution < 1.29 is 14.3 Å². The van der Waals surface area contributed by atoms with Gasteiger partial charge in [-0.05, 0) is 12.3 Å². The fourth-order valence-corrected chi connectivity index (χ4v) is 2.39. The normalized spacial score (nSPS) is 32.1. The number of carbonyl (C=O) groups is 1. The second-order valence-electron chi connectivity index (χ2n) is 4.55. The van der Waals surface area contributed by atoms with Crippen molar-refractivity contribution in [2.24, 2.45) is 5.92 Å². The summed E-state index contributed by atoms with van der Waals surface area (Å²) in [6.45, 7) is 1.88. The molecule has 1 heterocycles. The van der Waals surface area contributed by atoms with E-state index in [0.717, 1.165) is 13.0 Å². The number of rotatable bonds is 3. The van der Waals surface area contributed by atoms with Crippen molar-refractivity contribution in [1.82, 2.24) is 5.32 Å². The minimum Gasteiger partial charge on any atom is -0.468 e. The average Bonchev–Trinajstić information content (AvgIpc) is 2.24. The Labute approximate surface area is 90.3 Å². The molecule has 1 aliphatic heterocycles. The van der Waals surface area contributed by atoms with Crippen molar-refractivity contribution in [1.29, 1.82) is 0 Å². The first-order valence-corrected chi connectivity index (χ1v) is 5.68. The van der Waals surface area contributed by atoms with Crippen LogP contribution in [-0.2, 0) is 14.3 Å². The lowest BCUT2D eigenvalue weighted by Gasteiger charge is -2.40. The summed E-state index contributed by atoms with van der Waals surface area (Å²) >= 11 is 0. The van der Waals surface area contributed by atoms with E-state index in [1.54, 1.807) is 0 Å². The maximum absolute atomic E-state index is 11.8. The van der Waals surface area contributed by atoms with Crippen molar-refractivity contribution in [2.75, 3.05) is 26.9 Å². The molecule has 2 rings (SSSR count). The highest BCUT2D eigenvalue weighted by Crippen LogP contribution is 2.34. The Morgan fingerprint density at radius 2 is 2.40 bits per heavy atom. The maximum atomic E-state index is 11.8. The highest BCUT2D eigenvalue weighted by Gasteiger charge is 2.44. The van der Waals surface area contributed by atoms with Crippen LogP contribution in [0.5, 0.6) is 0 Å². The van der Waals surface area contributed by atoms with Crippen LogP contribution >= 0.6 is 0 Å². The number of carbonyl (C=O) groups excluding carboxylic acids is 1. The van der Waals surface area contributed by atoms with Crippen LogP contribution in [0.3, 0.4) is 0 Å². The number of nitrogens with one attached hydrogen (secondary N) is 1. The third-order valence-corrected chi connectivity index (χ3v) is 3.50. The molecule has 1 atom stereocenters. The minimum absolute atomic E-state index is 0.172. The molecule has 1 N–H and O–H groups in total. The van der Waals surface area contributed by atoms with Crippen LogP contribution in [0, 0.1) is 5.92 Å². The van der Waals surface area contributed by atoms with E-state index in [9.17, 15) is 4.79 Å². The summed E-state index contributed by atoms with van der Waals surface area (Å²) in [5, 5.41) is 3.28. The number of hydrogen-bond donors (Lipinski definition) is 1. The van der Waals surface area contributed by atoms with Crippen LogP contribution in [0.2, 0.25) is 0 Å². The van der Waals surface area contributed by atoms with Gasteiger partial charge in [0.15, 0.2) is 0 Å². The maximum Gasteiger partial charge on any atom is 0.328 e. The van der Waals surface area contributed by atoms with Crippen LogP contribution in [0.1, 0.15) is 25.7 Å². The first-order valence-electron chi connectivity index (χ1n) is 5.68. The lowest BCUT2D eigenvalue weighted by Crippen LogP contribution is -2.61. The van der Waals surface area contributed by atoms with Crippen molar-refractivity contribution in [3.63, 3.8) is 0 Å². The second kappa shape index (κ2) is 4.49. The summed E-state index contributed by atoms with van der Waals surface area (Å²) in [5.41, 5.74) is -0.571. The van der Waals surface area contributed by atoms with E-state index in [-0.39, 0.29) is 5.97 Å². The monoisotopic (exact) mass is 213 g/mol. The third kappa shape index (κ3) is 2.16. The van der Waals surface area contributed by atoms with Gasteiger partial charge < -0.3 is 9.47 Å². The Bertz CT molecular complexity index is 232. The summed E-state index contributed by atoms with van der Waals surface area (Å²) in [6.07, 6.45) is 4.63. The van der Waals surface area contributed by atoms with E-state index in [2.05, 4.69) is 5.32 Å². The molecule has 0 aromatic rings. The Hall–Kier alpha value is -0.610. The van der Waals surface area contributed by atoms with E-state index < -0.39 is 5.54 Å². The van der Waals surface area contributed by atoms with Crippen LogP contribution in [0.25, 0.3) is 0 Å². The lowest BCUT2D eigenvalue weighted by atomic mass is 9.76. The molecule has 2 aliphatic rings. The van der Waals surface area contributed by atoms with Crippen LogP contribution < -0.4 is 5.32 Å². The summed E-state index contributed by atoms with van der Waals surface area (Å²) in [6, 6.07) is 0. The topological polar surface area (TPSA) is 47.6 Å². The quantitative estimate of drug-likeness (QED) is 0.701. The first kappa shape index (κ1) is 10.9. The largest absolute Gasteiger partial charge is 0.468 e. The summed E-state index contributed by atoms with van der Waals surface area (Å²) in [4.78, 5) is 11.8. The number of ether oxygens (including phenoxy) is 2. The third-order valence-electron chi connectivity index (χ3n) is 3.50. The molecule has 4 heteroatoms. The van der Waals surface area contributed by atoms with Gasteiger partial charge in [0.25, 0.3) is 0 Å². The molecule has 1 unspecified atom stereocenters. The van der Waals surface area contributed by atoms with Crippen molar-refractivity contribution in [3.05, 3.63) is 0 Å². The molecule has 4 nitrogen and oxygen atoms in total. The zero-order valence-electron chi connectivity index (χ0n) is 9.25. The molecular weight excluding hydrogens is 194 g/mol. The fourth-order valence-electron chi connectivity index (χ4n) is 2.39. The van der Waals surface area contributed by atoms with E-state index in [4.69, 9.17) is 9.47 Å². The smallest absolute Gasteiger partial charge is 0.328 e. The predicted molar refractivity (Wildman–Crippen MR) is 55.5 cm³/mol. The zero-order valence-corrected chi connectivity index (χ0v) is 9.25. The average molecular weight is 213 g/mol. The molecule has 0 amide bonds. The molecule has 0 aromatic carbocycles. The molecule has 1 saturated carbocycles. The molecule has 0 radical (unpaired) electrons. The van der Waals surface area contributed by atoms with E-state index in [1.807, 2.05) is 0 Å². The van der Waals surface area contributed by atoms with Gasteiger partial charge in [0.2, 0.25) is 0 Å². The SMILES string of the molecule is COC(=O)C1(CC2CCC2)COCCN1. The van der Waals surface area contributed by atoms with Crippen molar-refractivity contribution in [3.8, 4) is 0 Å².